The Hall–Kier alpha value is -2.58. The van der Waals surface area contributed by atoms with Crippen LogP contribution in [-0.2, 0) is 22.4 Å². The summed E-state index contributed by atoms with van der Waals surface area (Å²) in [6, 6.07) is 4.10. The number of rotatable bonds is 9. The molecule has 160 valence electrons. The van der Waals surface area contributed by atoms with Gasteiger partial charge in [-0.25, -0.2) is 15.0 Å². The van der Waals surface area contributed by atoms with E-state index in [1.54, 1.807) is 12.4 Å². The van der Waals surface area contributed by atoms with Crippen molar-refractivity contribution in [3.63, 3.8) is 0 Å². The van der Waals surface area contributed by atoms with Crippen LogP contribution in [0.5, 0.6) is 0 Å². The molecule has 2 aromatic rings. The smallest absolute Gasteiger partial charge is 0.305 e. The number of aliphatic carboxylic acids is 1. The lowest BCUT2D eigenvalue weighted by Crippen LogP contribution is -2.53. The van der Waals surface area contributed by atoms with Gasteiger partial charge in [-0.05, 0) is 44.2 Å². The third kappa shape index (κ3) is 5.12. The second-order valence-electron chi connectivity index (χ2n) is 8.07. The second-order valence-corrected chi connectivity index (χ2v) is 8.07. The number of carboxylic acids is 1. The van der Waals surface area contributed by atoms with E-state index in [-0.39, 0.29) is 18.6 Å². The molecular formula is C22H29N5O3. The number of aryl methyl sites for hydroxylation is 3. The Morgan fingerprint density at radius 1 is 1.33 bits per heavy atom. The van der Waals surface area contributed by atoms with Gasteiger partial charge in [0.15, 0.2) is 0 Å². The van der Waals surface area contributed by atoms with Crippen LogP contribution in [0.25, 0.3) is 0 Å². The highest BCUT2D eigenvalue weighted by Crippen LogP contribution is 2.29. The van der Waals surface area contributed by atoms with Crippen LogP contribution in [0, 0.1) is 6.92 Å². The number of aromatic nitrogens is 3. The Morgan fingerprint density at radius 2 is 2.13 bits per heavy atom. The maximum Gasteiger partial charge on any atom is 0.305 e. The fourth-order valence-corrected chi connectivity index (χ4v) is 4.04. The van der Waals surface area contributed by atoms with Crippen LogP contribution in [0.3, 0.4) is 0 Å². The zero-order valence-corrected chi connectivity index (χ0v) is 17.4. The summed E-state index contributed by atoms with van der Waals surface area (Å²) in [5, 5.41) is 12.7. The first-order chi connectivity index (χ1) is 14.6. The molecule has 2 aromatic heterocycles. The van der Waals surface area contributed by atoms with Crippen LogP contribution in [0.4, 0.5) is 5.82 Å². The summed E-state index contributed by atoms with van der Waals surface area (Å²) in [5.41, 5.74) is 3.25. The van der Waals surface area contributed by atoms with E-state index in [1.807, 2.05) is 6.92 Å². The number of carbonyl (C=O) groups is 1. The fraction of sp³-hybridized carbons (Fsp3) is 0.545. The molecule has 4 heterocycles. The van der Waals surface area contributed by atoms with Gasteiger partial charge in [-0.2, -0.15) is 0 Å². The molecule has 0 aromatic carbocycles. The Labute approximate surface area is 176 Å². The van der Waals surface area contributed by atoms with E-state index >= 15 is 0 Å². The topological polar surface area (TPSA) is 100 Å². The first-order valence-corrected chi connectivity index (χ1v) is 10.7. The second kappa shape index (κ2) is 9.49. The number of anilines is 1. The first-order valence-electron chi connectivity index (χ1n) is 10.7. The zero-order valence-electron chi connectivity index (χ0n) is 17.4. The van der Waals surface area contributed by atoms with Gasteiger partial charge in [-0.15, -0.1) is 0 Å². The molecule has 1 fully saturated rings. The van der Waals surface area contributed by atoms with Crippen molar-refractivity contribution in [2.45, 2.75) is 51.2 Å². The van der Waals surface area contributed by atoms with Crippen molar-refractivity contribution in [2.24, 2.45) is 0 Å². The maximum absolute atomic E-state index is 11.3. The Balaban J connectivity index is 1.21. The van der Waals surface area contributed by atoms with Gasteiger partial charge in [0.05, 0.1) is 12.5 Å². The molecule has 30 heavy (non-hydrogen) atoms. The average Bonchev–Trinajstić information content (AvgIpc) is 2.71. The quantitative estimate of drug-likeness (QED) is 0.607. The highest BCUT2D eigenvalue weighted by Gasteiger charge is 2.35. The molecule has 0 saturated carbocycles. The monoisotopic (exact) mass is 411 g/mol. The van der Waals surface area contributed by atoms with E-state index in [9.17, 15) is 9.90 Å². The molecule has 2 aliphatic rings. The minimum atomic E-state index is -0.822. The van der Waals surface area contributed by atoms with Crippen LogP contribution in [0.1, 0.15) is 47.9 Å². The molecule has 0 aliphatic carbocycles. The van der Waals surface area contributed by atoms with Gasteiger partial charge in [-0.3, -0.25) is 9.69 Å². The number of ether oxygens (including phenoxy) is 1. The van der Waals surface area contributed by atoms with Crippen molar-refractivity contribution in [3.05, 3.63) is 47.2 Å². The summed E-state index contributed by atoms with van der Waals surface area (Å²) in [6.45, 7) is 4.96. The Bertz CT molecular complexity index is 868. The molecule has 4 rings (SSSR count). The number of hydrogen-bond acceptors (Lipinski definition) is 7. The molecule has 0 bridgehead atoms. The molecule has 8 heteroatoms. The summed E-state index contributed by atoms with van der Waals surface area (Å²) in [7, 11) is 0. The van der Waals surface area contributed by atoms with Crippen molar-refractivity contribution >= 4 is 11.8 Å². The molecule has 2 N–H and O–H groups in total. The van der Waals surface area contributed by atoms with E-state index < -0.39 is 5.97 Å². The van der Waals surface area contributed by atoms with E-state index in [0.717, 1.165) is 56.0 Å². The lowest BCUT2D eigenvalue weighted by Gasteiger charge is -2.43. The Kier molecular flexibility index (Phi) is 6.54. The van der Waals surface area contributed by atoms with Crippen LogP contribution in [-0.4, -0.2) is 63.3 Å². The third-order valence-corrected chi connectivity index (χ3v) is 5.75. The number of nitrogens with one attached hydrogen (secondary N) is 1. The normalized spacial score (nSPS) is 17.6. The summed E-state index contributed by atoms with van der Waals surface area (Å²) in [5.74, 6) is 0.901. The van der Waals surface area contributed by atoms with Crippen molar-refractivity contribution in [2.75, 3.05) is 31.6 Å². The summed E-state index contributed by atoms with van der Waals surface area (Å²) >= 11 is 0. The number of nitrogens with zero attached hydrogens (tertiary/aromatic N) is 4. The number of pyridine rings is 1. The highest BCUT2D eigenvalue weighted by molar-refractivity contribution is 5.67. The molecule has 0 radical (unpaired) electrons. The molecule has 2 aliphatic heterocycles. The number of fused-ring (bicyclic) bond motifs is 1. The molecule has 1 atom stereocenters. The first kappa shape index (κ1) is 20.7. The molecule has 8 nitrogen and oxygen atoms in total. The summed E-state index contributed by atoms with van der Waals surface area (Å²) < 4.78 is 5.99. The van der Waals surface area contributed by atoms with E-state index in [4.69, 9.17) is 9.72 Å². The Morgan fingerprint density at radius 3 is 2.90 bits per heavy atom. The summed E-state index contributed by atoms with van der Waals surface area (Å²) in [4.78, 5) is 26.6. The molecule has 0 unspecified atom stereocenters. The minimum Gasteiger partial charge on any atom is -0.481 e. The predicted molar refractivity (Wildman–Crippen MR) is 112 cm³/mol. The largest absolute Gasteiger partial charge is 0.481 e. The number of hydrogen-bond donors (Lipinski definition) is 2. The van der Waals surface area contributed by atoms with Crippen molar-refractivity contribution in [3.8, 4) is 0 Å². The van der Waals surface area contributed by atoms with Gasteiger partial charge in [0, 0.05) is 55.9 Å². The van der Waals surface area contributed by atoms with Gasteiger partial charge in [0.2, 0.25) is 0 Å². The van der Waals surface area contributed by atoms with Crippen molar-refractivity contribution < 1.29 is 14.6 Å². The van der Waals surface area contributed by atoms with Crippen LogP contribution >= 0.6 is 0 Å². The van der Waals surface area contributed by atoms with Gasteiger partial charge in [0.25, 0.3) is 0 Å². The third-order valence-electron chi connectivity index (χ3n) is 5.75. The van der Waals surface area contributed by atoms with Crippen molar-refractivity contribution in [1.29, 1.82) is 0 Å². The SMILES string of the molecule is Cc1ncc([C@H](CC(=O)O)N2CC(OCCCc3ccc4c(n3)NCCC4)C2)cn1. The van der Waals surface area contributed by atoms with Crippen LogP contribution < -0.4 is 5.32 Å². The van der Waals surface area contributed by atoms with Crippen LogP contribution in [0.2, 0.25) is 0 Å². The predicted octanol–water partition coefficient (Wildman–Crippen LogP) is 2.39. The molecule has 1 saturated heterocycles. The lowest BCUT2D eigenvalue weighted by molar-refractivity contribution is -0.140. The zero-order chi connectivity index (χ0) is 20.9. The number of likely N-dealkylation sites (tertiary alicyclic amines) is 1. The standard InChI is InChI=1S/C22H29N5O3/c1-15-24-11-17(12-25-15)20(10-21(28)29)27-13-19(14-27)30-9-3-5-18-7-6-16-4-2-8-23-22(16)26-18/h6-7,11-12,19-20H,2-5,8-10,13-14H2,1H3,(H,23,26)(H,28,29)/t20-/m0/s1. The summed E-state index contributed by atoms with van der Waals surface area (Å²) in [6.07, 6.45) is 7.73. The molecule has 0 amide bonds. The van der Waals surface area contributed by atoms with Gasteiger partial charge < -0.3 is 15.2 Å². The number of carboxylic acid groups (broad SMARTS) is 1. The molecule has 0 spiro atoms. The van der Waals surface area contributed by atoms with Gasteiger partial charge >= 0.3 is 5.97 Å². The fourth-order valence-electron chi connectivity index (χ4n) is 4.04. The highest BCUT2D eigenvalue weighted by atomic mass is 16.5. The maximum atomic E-state index is 11.3. The van der Waals surface area contributed by atoms with E-state index in [1.165, 1.54) is 12.0 Å². The lowest BCUT2D eigenvalue weighted by atomic mass is 10.00. The van der Waals surface area contributed by atoms with E-state index in [0.29, 0.717) is 12.4 Å². The van der Waals surface area contributed by atoms with Crippen molar-refractivity contribution in [1.82, 2.24) is 19.9 Å². The van der Waals surface area contributed by atoms with Gasteiger partial charge in [0.1, 0.15) is 11.6 Å². The van der Waals surface area contributed by atoms with Gasteiger partial charge in [-0.1, -0.05) is 6.07 Å². The average molecular weight is 412 g/mol. The van der Waals surface area contributed by atoms with Crippen LogP contribution in [0.15, 0.2) is 24.5 Å². The minimum absolute atomic E-state index is 0.0389. The molecular weight excluding hydrogens is 382 g/mol. The van der Waals surface area contributed by atoms with E-state index in [2.05, 4.69) is 32.3 Å².